The molecule has 0 saturated carbocycles. The lowest BCUT2D eigenvalue weighted by Crippen LogP contribution is -2.09. The maximum Gasteiger partial charge on any atom is 0.163 e. The summed E-state index contributed by atoms with van der Waals surface area (Å²) < 4.78 is 7.31. The molecule has 0 aromatic carbocycles. The van der Waals surface area contributed by atoms with Crippen molar-refractivity contribution in [2.45, 2.75) is 24.7 Å². The number of aromatic nitrogens is 4. The smallest absolute Gasteiger partial charge is 0.163 e. The highest BCUT2D eigenvalue weighted by Crippen LogP contribution is 2.21. The van der Waals surface area contributed by atoms with E-state index in [4.69, 9.17) is 10.5 Å². The summed E-state index contributed by atoms with van der Waals surface area (Å²) in [4.78, 5) is 8.84. The molecule has 2 aromatic rings. The highest BCUT2D eigenvalue weighted by molar-refractivity contribution is 7.98. The number of nitrogens with two attached hydrogens (primary N) is 1. The van der Waals surface area contributed by atoms with E-state index in [-0.39, 0.29) is 0 Å². The average molecular weight is 279 g/mol. The Balaban J connectivity index is 1.68. The molecule has 1 saturated heterocycles. The van der Waals surface area contributed by atoms with Gasteiger partial charge in [0.25, 0.3) is 0 Å². The summed E-state index contributed by atoms with van der Waals surface area (Å²) in [5, 5.41) is 4.96. The lowest BCUT2D eigenvalue weighted by molar-refractivity contribution is 0.129. The Bertz CT molecular complexity index is 579. The first kappa shape index (κ1) is 12.7. The van der Waals surface area contributed by atoms with Crippen LogP contribution >= 0.6 is 11.8 Å². The number of fused-ring (bicyclic) bond motifs is 1. The van der Waals surface area contributed by atoms with E-state index in [1.807, 2.05) is 7.05 Å². The standard InChI is InChI=1S/C12H17N5OS/c1-17-12-9(5-14-17)11(13)15-10(16-12)7-19-6-8-3-2-4-18-8/h5,8H,2-4,6-7H2,1H3,(H2,13,15,16). The maximum absolute atomic E-state index is 5.93. The summed E-state index contributed by atoms with van der Waals surface area (Å²) >= 11 is 1.79. The van der Waals surface area contributed by atoms with Gasteiger partial charge in [0.15, 0.2) is 5.65 Å². The Morgan fingerprint density at radius 3 is 3.21 bits per heavy atom. The molecule has 2 aromatic heterocycles. The third kappa shape index (κ3) is 2.66. The second kappa shape index (κ2) is 5.34. The maximum atomic E-state index is 5.93. The van der Waals surface area contributed by atoms with E-state index in [0.29, 0.717) is 11.9 Å². The van der Waals surface area contributed by atoms with Crippen molar-refractivity contribution in [2.24, 2.45) is 7.05 Å². The minimum Gasteiger partial charge on any atom is -0.383 e. The van der Waals surface area contributed by atoms with Gasteiger partial charge in [-0.2, -0.15) is 16.9 Å². The Kier molecular flexibility index (Phi) is 3.56. The highest BCUT2D eigenvalue weighted by atomic mass is 32.2. The van der Waals surface area contributed by atoms with Gasteiger partial charge >= 0.3 is 0 Å². The van der Waals surface area contributed by atoms with Crippen LogP contribution < -0.4 is 5.73 Å². The van der Waals surface area contributed by atoms with E-state index in [2.05, 4.69) is 15.1 Å². The van der Waals surface area contributed by atoms with E-state index >= 15 is 0 Å². The molecule has 1 atom stereocenters. The second-order valence-corrected chi connectivity index (χ2v) is 5.71. The number of aryl methyl sites for hydroxylation is 1. The molecular formula is C12H17N5OS. The number of anilines is 1. The number of nitrogens with zero attached hydrogens (tertiary/aromatic N) is 4. The van der Waals surface area contributed by atoms with Crippen molar-refractivity contribution in [1.82, 2.24) is 19.7 Å². The van der Waals surface area contributed by atoms with Crippen LogP contribution in [0.1, 0.15) is 18.7 Å². The monoisotopic (exact) mass is 279 g/mol. The van der Waals surface area contributed by atoms with Gasteiger partial charge in [-0.05, 0) is 12.8 Å². The summed E-state index contributed by atoms with van der Waals surface area (Å²) in [6.45, 7) is 0.898. The predicted molar refractivity (Wildman–Crippen MR) is 75.9 cm³/mol. The number of rotatable bonds is 4. The third-order valence-electron chi connectivity index (χ3n) is 3.23. The molecule has 6 nitrogen and oxygen atoms in total. The number of ether oxygens (including phenoxy) is 1. The Labute approximate surface area is 115 Å². The van der Waals surface area contributed by atoms with Gasteiger partial charge in [0.05, 0.1) is 23.4 Å². The van der Waals surface area contributed by atoms with Gasteiger partial charge < -0.3 is 10.5 Å². The van der Waals surface area contributed by atoms with Crippen LogP contribution in [-0.2, 0) is 17.5 Å². The summed E-state index contributed by atoms with van der Waals surface area (Å²) in [7, 11) is 1.86. The molecule has 1 aliphatic rings. The van der Waals surface area contributed by atoms with E-state index in [1.165, 1.54) is 6.42 Å². The molecule has 7 heteroatoms. The van der Waals surface area contributed by atoms with Crippen LogP contribution in [0.5, 0.6) is 0 Å². The SMILES string of the molecule is Cn1ncc2c(N)nc(CSCC3CCCO3)nc21. The van der Waals surface area contributed by atoms with E-state index in [1.54, 1.807) is 22.6 Å². The van der Waals surface area contributed by atoms with Crippen molar-refractivity contribution in [3.63, 3.8) is 0 Å². The van der Waals surface area contributed by atoms with Crippen LogP contribution in [0.4, 0.5) is 5.82 Å². The van der Waals surface area contributed by atoms with Crippen LogP contribution in [0.25, 0.3) is 11.0 Å². The summed E-state index contributed by atoms with van der Waals surface area (Å²) in [5.41, 5.74) is 6.72. The van der Waals surface area contributed by atoms with Gasteiger partial charge in [-0.1, -0.05) is 0 Å². The second-order valence-electron chi connectivity index (χ2n) is 4.68. The molecule has 0 aliphatic carbocycles. The number of hydrogen-bond acceptors (Lipinski definition) is 6. The van der Waals surface area contributed by atoms with Crippen LogP contribution in [-0.4, -0.2) is 38.2 Å². The van der Waals surface area contributed by atoms with Crippen LogP contribution in [0.3, 0.4) is 0 Å². The highest BCUT2D eigenvalue weighted by Gasteiger charge is 2.16. The molecule has 1 aliphatic heterocycles. The van der Waals surface area contributed by atoms with Crippen molar-refractivity contribution < 1.29 is 4.74 Å². The zero-order chi connectivity index (χ0) is 13.2. The van der Waals surface area contributed by atoms with Crippen LogP contribution in [0.15, 0.2) is 6.20 Å². The van der Waals surface area contributed by atoms with E-state index < -0.39 is 0 Å². The van der Waals surface area contributed by atoms with E-state index in [9.17, 15) is 0 Å². The number of thioether (sulfide) groups is 1. The van der Waals surface area contributed by atoms with Gasteiger partial charge in [-0.15, -0.1) is 0 Å². The molecule has 3 rings (SSSR count). The Morgan fingerprint density at radius 2 is 2.42 bits per heavy atom. The fourth-order valence-corrected chi connectivity index (χ4v) is 3.17. The molecule has 1 unspecified atom stereocenters. The van der Waals surface area contributed by atoms with Crippen molar-refractivity contribution >= 4 is 28.6 Å². The van der Waals surface area contributed by atoms with Crippen LogP contribution in [0.2, 0.25) is 0 Å². The zero-order valence-corrected chi connectivity index (χ0v) is 11.7. The molecular weight excluding hydrogens is 262 g/mol. The minimum atomic E-state index is 0.391. The van der Waals surface area contributed by atoms with Crippen molar-refractivity contribution in [1.29, 1.82) is 0 Å². The molecule has 0 amide bonds. The fourth-order valence-electron chi connectivity index (χ4n) is 2.21. The molecule has 3 heterocycles. The first-order valence-corrected chi connectivity index (χ1v) is 7.53. The Hall–Kier alpha value is -1.34. The lowest BCUT2D eigenvalue weighted by Gasteiger charge is -2.08. The molecule has 0 spiro atoms. The number of hydrogen-bond donors (Lipinski definition) is 1. The van der Waals surface area contributed by atoms with Crippen molar-refractivity contribution in [2.75, 3.05) is 18.1 Å². The van der Waals surface area contributed by atoms with Crippen molar-refractivity contribution in [3.05, 3.63) is 12.0 Å². The largest absolute Gasteiger partial charge is 0.383 e. The van der Waals surface area contributed by atoms with Gasteiger partial charge in [-0.3, -0.25) is 4.68 Å². The molecule has 2 N–H and O–H groups in total. The number of nitrogen functional groups attached to an aromatic ring is 1. The Morgan fingerprint density at radius 1 is 1.53 bits per heavy atom. The van der Waals surface area contributed by atoms with Gasteiger partial charge in [-0.25, -0.2) is 9.97 Å². The van der Waals surface area contributed by atoms with Crippen molar-refractivity contribution in [3.8, 4) is 0 Å². The summed E-state index contributed by atoms with van der Waals surface area (Å²) in [5.74, 6) is 3.01. The topological polar surface area (TPSA) is 78.9 Å². The van der Waals surface area contributed by atoms with Gasteiger partial charge in [0.2, 0.25) is 0 Å². The van der Waals surface area contributed by atoms with Gasteiger partial charge in [0, 0.05) is 19.4 Å². The third-order valence-corrected chi connectivity index (χ3v) is 4.30. The van der Waals surface area contributed by atoms with Crippen LogP contribution in [0, 0.1) is 0 Å². The minimum absolute atomic E-state index is 0.391. The normalized spacial score (nSPS) is 19.3. The zero-order valence-electron chi connectivity index (χ0n) is 10.9. The first-order valence-electron chi connectivity index (χ1n) is 6.37. The molecule has 0 bridgehead atoms. The molecule has 1 fully saturated rings. The molecule has 19 heavy (non-hydrogen) atoms. The summed E-state index contributed by atoms with van der Waals surface area (Å²) in [6.07, 6.45) is 4.43. The predicted octanol–water partition coefficient (Wildman–Crippen LogP) is 1.36. The summed E-state index contributed by atoms with van der Waals surface area (Å²) in [6, 6.07) is 0. The van der Waals surface area contributed by atoms with E-state index in [0.717, 1.165) is 41.4 Å². The fraction of sp³-hybridized carbons (Fsp3) is 0.583. The first-order chi connectivity index (χ1) is 9.24. The molecule has 102 valence electrons. The quantitative estimate of drug-likeness (QED) is 0.910. The lowest BCUT2D eigenvalue weighted by atomic mass is 10.3. The van der Waals surface area contributed by atoms with Gasteiger partial charge in [0.1, 0.15) is 11.6 Å². The molecule has 0 radical (unpaired) electrons. The average Bonchev–Trinajstić information content (AvgIpc) is 3.01.